The molecule has 6 heteroatoms. The van der Waals surface area contributed by atoms with Crippen molar-refractivity contribution in [3.05, 3.63) is 59.4 Å². The quantitative estimate of drug-likeness (QED) is 0.893. The van der Waals surface area contributed by atoms with Crippen molar-refractivity contribution in [2.75, 3.05) is 11.8 Å². The van der Waals surface area contributed by atoms with Crippen LogP contribution in [0, 0.1) is 12.7 Å². The topological polar surface area (TPSA) is 58.2 Å². The molecule has 0 unspecified atom stereocenters. The van der Waals surface area contributed by atoms with E-state index in [4.69, 9.17) is 0 Å². The summed E-state index contributed by atoms with van der Waals surface area (Å²) >= 11 is 0. The second-order valence-corrected chi connectivity index (χ2v) is 6.42. The zero-order chi connectivity index (χ0) is 15.5. The minimum atomic E-state index is -3.94. The number of hydrogen-bond donors (Lipinski definition) is 2. The van der Waals surface area contributed by atoms with Gasteiger partial charge in [-0.05, 0) is 49.4 Å². The van der Waals surface area contributed by atoms with E-state index in [1.807, 2.05) is 13.0 Å². The fourth-order valence-electron chi connectivity index (χ4n) is 2.00. The van der Waals surface area contributed by atoms with Gasteiger partial charge in [-0.3, -0.25) is 4.72 Å². The highest BCUT2D eigenvalue weighted by Gasteiger charge is 2.19. The van der Waals surface area contributed by atoms with Crippen molar-refractivity contribution in [2.45, 2.75) is 18.4 Å². The lowest BCUT2D eigenvalue weighted by atomic mass is 10.2. The zero-order valence-corrected chi connectivity index (χ0v) is 12.7. The van der Waals surface area contributed by atoms with Crippen molar-refractivity contribution >= 4 is 15.7 Å². The zero-order valence-electron chi connectivity index (χ0n) is 11.9. The van der Waals surface area contributed by atoms with Gasteiger partial charge >= 0.3 is 0 Å². The third-order valence-corrected chi connectivity index (χ3v) is 4.35. The van der Waals surface area contributed by atoms with E-state index in [-0.39, 0.29) is 4.90 Å². The molecule has 0 fully saturated rings. The van der Waals surface area contributed by atoms with Crippen LogP contribution in [0.4, 0.5) is 10.1 Å². The molecule has 21 heavy (non-hydrogen) atoms. The molecule has 0 saturated heterocycles. The summed E-state index contributed by atoms with van der Waals surface area (Å²) in [6.45, 7) is 2.33. The molecule has 0 aliphatic heterocycles. The molecule has 0 bridgehead atoms. The Labute approximate surface area is 124 Å². The Bertz CT molecular complexity index is 745. The molecule has 0 aliphatic carbocycles. The van der Waals surface area contributed by atoms with Gasteiger partial charge in [-0.1, -0.05) is 18.2 Å². The van der Waals surface area contributed by atoms with Gasteiger partial charge in [-0.25, -0.2) is 12.8 Å². The molecule has 2 aromatic carbocycles. The molecule has 0 amide bonds. The van der Waals surface area contributed by atoms with Crippen molar-refractivity contribution in [1.82, 2.24) is 5.32 Å². The number of anilines is 1. The first kappa shape index (κ1) is 15.5. The summed E-state index contributed by atoms with van der Waals surface area (Å²) in [6, 6.07) is 11.0. The van der Waals surface area contributed by atoms with Crippen molar-refractivity contribution in [1.29, 1.82) is 0 Å². The number of rotatable bonds is 5. The standard InChI is InChI=1S/C15H17FN2O2S/c1-11-4-3-5-13(8-11)18-21(19,20)15-7-6-12(10-17-2)9-14(15)16/h3-9,17-18H,10H2,1-2H3. The Balaban J connectivity index is 2.31. The molecule has 4 nitrogen and oxygen atoms in total. The summed E-state index contributed by atoms with van der Waals surface area (Å²) in [4.78, 5) is -0.358. The Hall–Kier alpha value is -1.92. The normalized spacial score (nSPS) is 11.4. The first-order chi connectivity index (χ1) is 9.92. The van der Waals surface area contributed by atoms with E-state index in [1.54, 1.807) is 31.3 Å². The summed E-state index contributed by atoms with van der Waals surface area (Å²) in [5.41, 5.74) is 2.01. The van der Waals surface area contributed by atoms with E-state index in [9.17, 15) is 12.8 Å². The lowest BCUT2D eigenvalue weighted by molar-refractivity contribution is 0.568. The number of sulfonamides is 1. The van der Waals surface area contributed by atoms with E-state index < -0.39 is 15.8 Å². The second-order valence-electron chi connectivity index (χ2n) is 4.77. The van der Waals surface area contributed by atoms with Gasteiger partial charge in [0.1, 0.15) is 10.7 Å². The van der Waals surface area contributed by atoms with Crippen LogP contribution >= 0.6 is 0 Å². The minimum absolute atomic E-state index is 0.358. The molecule has 0 aliphatic rings. The van der Waals surface area contributed by atoms with Gasteiger partial charge in [0.05, 0.1) is 0 Å². The van der Waals surface area contributed by atoms with E-state index in [0.717, 1.165) is 5.56 Å². The van der Waals surface area contributed by atoms with Gasteiger partial charge in [-0.2, -0.15) is 0 Å². The highest BCUT2D eigenvalue weighted by atomic mass is 32.2. The average molecular weight is 308 g/mol. The summed E-state index contributed by atoms with van der Waals surface area (Å²) in [5, 5.41) is 2.88. The summed E-state index contributed by atoms with van der Waals surface area (Å²) < 4.78 is 40.9. The van der Waals surface area contributed by atoms with Crippen LogP contribution in [0.1, 0.15) is 11.1 Å². The minimum Gasteiger partial charge on any atom is -0.316 e. The summed E-state index contributed by atoms with van der Waals surface area (Å²) in [5.74, 6) is -0.761. The molecular formula is C15H17FN2O2S. The van der Waals surface area contributed by atoms with Crippen molar-refractivity contribution < 1.29 is 12.8 Å². The van der Waals surface area contributed by atoms with Crippen LogP contribution in [0.15, 0.2) is 47.4 Å². The fraction of sp³-hybridized carbons (Fsp3) is 0.200. The number of aryl methyl sites for hydroxylation is 1. The van der Waals surface area contributed by atoms with Gasteiger partial charge in [0.2, 0.25) is 0 Å². The maximum absolute atomic E-state index is 14.0. The number of hydrogen-bond acceptors (Lipinski definition) is 3. The second kappa shape index (κ2) is 6.24. The van der Waals surface area contributed by atoms with E-state index in [1.165, 1.54) is 12.1 Å². The largest absolute Gasteiger partial charge is 0.316 e. The van der Waals surface area contributed by atoms with Crippen molar-refractivity contribution in [3.63, 3.8) is 0 Å². The molecule has 0 atom stereocenters. The fourth-order valence-corrected chi connectivity index (χ4v) is 3.11. The Morgan fingerprint density at radius 1 is 1.14 bits per heavy atom. The first-order valence-electron chi connectivity index (χ1n) is 6.45. The molecule has 2 aromatic rings. The number of benzene rings is 2. The molecular weight excluding hydrogens is 291 g/mol. The van der Waals surface area contributed by atoms with Gasteiger partial charge in [0.15, 0.2) is 0 Å². The number of nitrogens with one attached hydrogen (secondary N) is 2. The molecule has 0 saturated carbocycles. The third-order valence-electron chi connectivity index (χ3n) is 2.94. The Kier molecular flexibility index (Phi) is 4.59. The molecule has 112 valence electrons. The molecule has 0 aromatic heterocycles. The smallest absolute Gasteiger partial charge is 0.264 e. The van der Waals surface area contributed by atoms with Gasteiger partial charge in [0.25, 0.3) is 10.0 Å². The highest BCUT2D eigenvalue weighted by molar-refractivity contribution is 7.92. The van der Waals surface area contributed by atoms with Crippen LogP contribution in [-0.4, -0.2) is 15.5 Å². The monoisotopic (exact) mass is 308 g/mol. The maximum atomic E-state index is 14.0. The van der Waals surface area contributed by atoms with E-state index >= 15 is 0 Å². The van der Waals surface area contributed by atoms with Crippen molar-refractivity contribution in [3.8, 4) is 0 Å². The summed E-state index contributed by atoms with van der Waals surface area (Å²) in [6.07, 6.45) is 0. The molecule has 0 radical (unpaired) electrons. The predicted molar refractivity (Wildman–Crippen MR) is 81.2 cm³/mol. The predicted octanol–water partition coefficient (Wildman–Crippen LogP) is 2.65. The lowest BCUT2D eigenvalue weighted by Gasteiger charge is -2.10. The Morgan fingerprint density at radius 3 is 2.52 bits per heavy atom. The highest BCUT2D eigenvalue weighted by Crippen LogP contribution is 2.20. The Morgan fingerprint density at radius 2 is 1.90 bits per heavy atom. The van der Waals surface area contributed by atoms with Crippen LogP contribution < -0.4 is 10.0 Å². The molecule has 0 heterocycles. The lowest BCUT2D eigenvalue weighted by Crippen LogP contribution is -2.15. The van der Waals surface area contributed by atoms with Crippen LogP contribution in [0.25, 0.3) is 0 Å². The van der Waals surface area contributed by atoms with Gasteiger partial charge in [0, 0.05) is 12.2 Å². The van der Waals surface area contributed by atoms with Crippen molar-refractivity contribution in [2.24, 2.45) is 0 Å². The summed E-state index contributed by atoms with van der Waals surface area (Å²) in [7, 11) is -2.20. The SMILES string of the molecule is CNCc1ccc(S(=O)(=O)Nc2cccc(C)c2)c(F)c1. The van der Waals surface area contributed by atoms with Crippen LogP contribution in [0.2, 0.25) is 0 Å². The van der Waals surface area contributed by atoms with E-state index in [2.05, 4.69) is 10.0 Å². The maximum Gasteiger partial charge on any atom is 0.264 e. The number of halogens is 1. The van der Waals surface area contributed by atoms with Gasteiger partial charge < -0.3 is 5.32 Å². The van der Waals surface area contributed by atoms with Gasteiger partial charge in [-0.15, -0.1) is 0 Å². The molecule has 2 rings (SSSR count). The first-order valence-corrected chi connectivity index (χ1v) is 7.93. The van der Waals surface area contributed by atoms with Crippen LogP contribution in [0.5, 0.6) is 0 Å². The average Bonchev–Trinajstić information content (AvgIpc) is 2.38. The third kappa shape index (κ3) is 3.80. The van der Waals surface area contributed by atoms with Crippen LogP contribution in [-0.2, 0) is 16.6 Å². The van der Waals surface area contributed by atoms with Crippen LogP contribution in [0.3, 0.4) is 0 Å². The van der Waals surface area contributed by atoms with E-state index in [0.29, 0.717) is 17.8 Å². The molecule has 0 spiro atoms. The molecule has 2 N–H and O–H groups in total.